The van der Waals surface area contributed by atoms with Crippen LogP contribution in [-0.4, -0.2) is 36.5 Å². The van der Waals surface area contributed by atoms with Crippen LogP contribution in [0.5, 0.6) is 0 Å². The average Bonchev–Trinajstić information content (AvgIpc) is 3.03. The molecule has 29 heavy (non-hydrogen) atoms. The molecule has 1 saturated carbocycles. The summed E-state index contributed by atoms with van der Waals surface area (Å²) in [5.41, 5.74) is -0.662. The molecule has 0 aliphatic heterocycles. The highest BCUT2D eigenvalue weighted by Gasteiger charge is 2.36. The molecule has 9 heteroatoms. The van der Waals surface area contributed by atoms with Crippen molar-refractivity contribution in [3.63, 3.8) is 0 Å². The van der Waals surface area contributed by atoms with Crippen LogP contribution in [0.2, 0.25) is 0 Å². The lowest BCUT2D eigenvalue weighted by Gasteiger charge is -2.28. The number of amides is 1. The largest absolute Gasteiger partial charge is 0.418 e. The van der Waals surface area contributed by atoms with Gasteiger partial charge in [0.1, 0.15) is 0 Å². The molecule has 1 amide bonds. The third-order valence-electron chi connectivity index (χ3n) is 5.37. The highest BCUT2D eigenvalue weighted by Crippen LogP contribution is 2.37. The summed E-state index contributed by atoms with van der Waals surface area (Å²) in [6.45, 7) is 0.452. The van der Waals surface area contributed by atoms with Gasteiger partial charge in [-0.15, -0.1) is 0 Å². The number of ether oxygens (including phenoxy) is 1. The van der Waals surface area contributed by atoms with Gasteiger partial charge >= 0.3 is 6.18 Å². The van der Waals surface area contributed by atoms with Gasteiger partial charge in [0.15, 0.2) is 0 Å². The van der Waals surface area contributed by atoms with Crippen molar-refractivity contribution in [2.24, 2.45) is 5.92 Å². The molecule has 0 saturated heterocycles. The van der Waals surface area contributed by atoms with Crippen LogP contribution in [0.4, 0.5) is 22.0 Å². The highest BCUT2D eigenvalue weighted by molar-refractivity contribution is 6.02. The number of nitrogens with zero attached hydrogens (tertiary/aromatic N) is 1. The second-order valence-electron chi connectivity index (χ2n) is 7.44. The molecule has 1 aliphatic rings. The SMILES string of the molecule is COCCc1cc(C(=O)NCC2CCC(F)(F)CC2)c2c(C(F)(F)F)cccn12. The van der Waals surface area contributed by atoms with Crippen molar-refractivity contribution >= 4 is 11.4 Å². The van der Waals surface area contributed by atoms with E-state index in [0.29, 0.717) is 18.7 Å². The number of hydrogen-bond acceptors (Lipinski definition) is 2. The van der Waals surface area contributed by atoms with Gasteiger partial charge in [-0.05, 0) is 37.0 Å². The number of aromatic nitrogens is 1. The number of rotatable bonds is 6. The van der Waals surface area contributed by atoms with Crippen LogP contribution in [0.15, 0.2) is 24.4 Å². The van der Waals surface area contributed by atoms with E-state index in [2.05, 4.69) is 5.32 Å². The number of carbonyl (C=O) groups is 1. The molecule has 2 heterocycles. The molecule has 0 bridgehead atoms. The van der Waals surface area contributed by atoms with Crippen molar-refractivity contribution in [2.45, 2.75) is 44.2 Å². The van der Waals surface area contributed by atoms with E-state index in [0.717, 1.165) is 6.07 Å². The van der Waals surface area contributed by atoms with E-state index in [1.54, 1.807) is 0 Å². The van der Waals surface area contributed by atoms with Gasteiger partial charge in [-0.2, -0.15) is 13.2 Å². The number of carbonyl (C=O) groups excluding carboxylic acids is 1. The first-order valence-electron chi connectivity index (χ1n) is 9.47. The minimum Gasteiger partial charge on any atom is -0.384 e. The van der Waals surface area contributed by atoms with E-state index in [4.69, 9.17) is 4.74 Å². The standard InChI is InChI=1S/C20H23F5N2O2/c1-29-10-6-14-11-15(17-16(20(23,24)25)3-2-9-27(14)17)18(28)26-12-13-4-7-19(21,22)8-5-13/h2-3,9,11,13H,4-8,10,12H2,1H3,(H,26,28). The highest BCUT2D eigenvalue weighted by atomic mass is 19.4. The Morgan fingerprint density at radius 1 is 1.31 bits per heavy atom. The molecule has 0 spiro atoms. The molecule has 160 valence electrons. The summed E-state index contributed by atoms with van der Waals surface area (Å²) in [7, 11) is 1.48. The molecule has 2 aromatic rings. The fourth-order valence-electron chi connectivity index (χ4n) is 3.76. The number of fused-ring (bicyclic) bond motifs is 1. The summed E-state index contributed by atoms with van der Waals surface area (Å²) in [6, 6.07) is 3.67. The summed E-state index contributed by atoms with van der Waals surface area (Å²) in [4.78, 5) is 12.7. The summed E-state index contributed by atoms with van der Waals surface area (Å²) in [5, 5.41) is 2.64. The molecule has 0 aromatic carbocycles. The Hall–Kier alpha value is -2.16. The van der Waals surface area contributed by atoms with Gasteiger partial charge < -0.3 is 14.5 Å². The Labute approximate surface area is 165 Å². The van der Waals surface area contributed by atoms with Gasteiger partial charge in [-0.3, -0.25) is 4.79 Å². The number of pyridine rings is 1. The lowest BCUT2D eigenvalue weighted by molar-refractivity contribution is -0.136. The van der Waals surface area contributed by atoms with Crippen LogP contribution in [-0.2, 0) is 17.3 Å². The number of methoxy groups -OCH3 is 1. The first-order valence-corrected chi connectivity index (χ1v) is 9.47. The van der Waals surface area contributed by atoms with E-state index in [1.807, 2.05) is 0 Å². The quantitative estimate of drug-likeness (QED) is 0.691. The van der Waals surface area contributed by atoms with E-state index in [9.17, 15) is 26.7 Å². The number of nitrogens with one attached hydrogen (secondary N) is 1. The van der Waals surface area contributed by atoms with Gasteiger partial charge in [-0.25, -0.2) is 8.78 Å². The van der Waals surface area contributed by atoms with Crippen molar-refractivity contribution in [3.05, 3.63) is 41.2 Å². The number of hydrogen-bond donors (Lipinski definition) is 1. The third kappa shape index (κ3) is 4.88. The zero-order valence-electron chi connectivity index (χ0n) is 16.0. The summed E-state index contributed by atoms with van der Waals surface area (Å²) in [5.74, 6) is -3.42. The van der Waals surface area contributed by atoms with Gasteiger partial charge in [0.2, 0.25) is 5.92 Å². The number of alkyl halides is 5. The second-order valence-corrected chi connectivity index (χ2v) is 7.44. The monoisotopic (exact) mass is 418 g/mol. The average molecular weight is 418 g/mol. The lowest BCUT2D eigenvalue weighted by atomic mass is 9.87. The third-order valence-corrected chi connectivity index (χ3v) is 5.37. The maximum Gasteiger partial charge on any atom is 0.418 e. The van der Waals surface area contributed by atoms with Crippen molar-refractivity contribution in [3.8, 4) is 0 Å². The van der Waals surface area contributed by atoms with Crippen molar-refractivity contribution in [1.29, 1.82) is 0 Å². The predicted molar refractivity (Wildman–Crippen MR) is 97.2 cm³/mol. The molecule has 4 nitrogen and oxygen atoms in total. The molecular weight excluding hydrogens is 395 g/mol. The predicted octanol–water partition coefficient (Wildman–Crippen LogP) is 4.70. The van der Waals surface area contributed by atoms with Gasteiger partial charge in [0, 0.05) is 44.8 Å². The smallest absolute Gasteiger partial charge is 0.384 e. The zero-order chi connectivity index (χ0) is 21.2. The maximum atomic E-state index is 13.5. The molecule has 3 rings (SSSR count). The van der Waals surface area contributed by atoms with Crippen molar-refractivity contribution < 1.29 is 31.5 Å². The van der Waals surface area contributed by atoms with Crippen LogP contribution in [0.25, 0.3) is 5.52 Å². The molecular formula is C20H23F5N2O2. The van der Waals surface area contributed by atoms with E-state index >= 15 is 0 Å². The Balaban J connectivity index is 1.86. The van der Waals surface area contributed by atoms with Crippen LogP contribution < -0.4 is 5.32 Å². The van der Waals surface area contributed by atoms with Crippen LogP contribution in [0.1, 0.15) is 47.3 Å². The molecule has 1 aliphatic carbocycles. The Morgan fingerprint density at radius 2 is 2.00 bits per heavy atom. The lowest BCUT2D eigenvalue weighted by Crippen LogP contribution is -2.34. The second kappa shape index (κ2) is 8.30. The molecule has 2 aromatic heterocycles. The fourth-order valence-corrected chi connectivity index (χ4v) is 3.76. The Morgan fingerprint density at radius 3 is 2.62 bits per heavy atom. The van der Waals surface area contributed by atoms with Crippen molar-refractivity contribution in [2.75, 3.05) is 20.3 Å². The fraction of sp³-hybridized carbons (Fsp3) is 0.550. The summed E-state index contributed by atoms with van der Waals surface area (Å²) < 4.78 is 73.5. The topological polar surface area (TPSA) is 42.7 Å². The van der Waals surface area contributed by atoms with E-state index in [-0.39, 0.29) is 49.2 Å². The van der Waals surface area contributed by atoms with Crippen LogP contribution in [0, 0.1) is 5.92 Å². The molecule has 1 fully saturated rings. The van der Waals surface area contributed by atoms with Gasteiger partial charge in [0.05, 0.1) is 23.3 Å². The van der Waals surface area contributed by atoms with Gasteiger partial charge in [-0.1, -0.05) is 0 Å². The Bertz CT molecular complexity index is 866. The first kappa shape index (κ1) is 21.5. The van der Waals surface area contributed by atoms with Crippen LogP contribution >= 0.6 is 0 Å². The maximum absolute atomic E-state index is 13.5. The van der Waals surface area contributed by atoms with Gasteiger partial charge in [0.25, 0.3) is 5.91 Å². The van der Waals surface area contributed by atoms with E-state index in [1.165, 1.54) is 29.8 Å². The molecule has 0 radical (unpaired) electrons. The number of halogens is 5. The molecule has 0 unspecified atom stereocenters. The summed E-state index contributed by atoms with van der Waals surface area (Å²) in [6.07, 6.45) is -2.72. The normalized spacial score (nSPS) is 17.6. The van der Waals surface area contributed by atoms with Crippen LogP contribution in [0.3, 0.4) is 0 Å². The molecule has 1 N–H and O–H groups in total. The first-order chi connectivity index (χ1) is 13.6. The van der Waals surface area contributed by atoms with E-state index < -0.39 is 23.6 Å². The molecule has 0 atom stereocenters. The zero-order valence-corrected chi connectivity index (χ0v) is 16.0. The Kier molecular flexibility index (Phi) is 6.16. The minimum atomic E-state index is -4.62. The summed E-state index contributed by atoms with van der Waals surface area (Å²) >= 11 is 0. The van der Waals surface area contributed by atoms with Crippen molar-refractivity contribution in [1.82, 2.24) is 9.72 Å². The minimum absolute atomic E-state index is 0.0785.